The second-order valence-corrected chi connectivity index (χ2v) is 7.97. The lowest BCUT2D eigenvalue weighted by Crippen LogP contribution is -2.27. The number of carbonyl (C=O) groups excluding carboxylic acids is 1. The maximum absolute atomic E-state index is 14.1. The van der Waals surface area contributed by atoms with Gasteiger partial charge < -0.3 is 9.72 Å². The number of aromatic amines is 1. The number of hydrogen-bond acceptors (Lipinski definition) is 6. The van der Waals surface area contributed by atoms with E-state index in [1.807, 2.05) is 6.07 Å². The van der Waals surface area contributed by atoms with Crippen LogP contribution in [0.15, 0.2) is 29.1 Å². The smallest absolute Gasteiger partial charge is 0.348 e. The molecule has 0 radical (unpaired) electrons. The molecule has 8 heteroatoms. The number of aromatic nitrogens is 2. The van der Waals surface area contributed by atoms with Gasteiger partial charge in [0.05, 0.1) is 19.0 Å². The number of methoxy groups -OCH3 is 1. The molecule has 0 aliphatic heterocycles. The van der Waals surface area contributed by atoms with Crippen molar-refractivity contribution in [3.63, 3.8) is 0 Å². The van der Waals surface area contributed by atoms with E-state index in [0.717, 1.165) is 24.2 Å². The normalized spacial score (nSPS) is 14.0. The molecule has 2 heterocycles. The van der Waals surface area contributed by atoms with E-state index in [9.17, 15) is 14.0 Å². The Balaban J connectivity index is 1.65. The van der Waals surface area contributed by atoms with Crippen molar-refractivity contribution in [2.75, 3.05) is 7.11 Å². The minimum atomic E-state index is -0.472. The first-order chi connectivity index (χ1) is 13.5. The fraction of sp³-hybridized carbons (Fsp3) is 0.350. The average Bonchev–Trinajstić information content (AvgIpc) is 3.46. The molecule has 1 aromatic carbocycles. The summed E-state index contributed by atoms with van der Waals surface area (Å²) in [5.41, 5.74) is 0.931. The molecule has 1 saturated carbocycles. The molecule has 3 aromatic rings. The molecule has 2 aromatic heterocycles. The van der Waals surface area contributed by atoms with Crippen molar-refractivity contribution in [1.82, 2.24) is 14.9 Å². The first-order valence-corrected chi connectivity index (χ1v) is 9.87. The minimum absolute atomic E-state index is 0.235. The molecule has 28 heavy (non-hydrogen) atoms. The Labute approximate surface area is 165 Å². The number of aryl methyl sites for hydroxylation is 1. The van der Waals surface area contributed by atoms with Gasteiger partial charge in [0.25, 0.3) is 5.56 Å². The highest BCUT2D eigenvalue weighted by Gasteiger charge is 2.30. The molecule has 6 nitrogen and oxygen atoms in total. The van der Waals surface area contributed by atoms with Crippen LogP contribution >= 0.6 is 11.3 Å². The van der Waals surface area contributed by atoms with Crippen molar-refractivity contribution >= 4 is 27.5 Å². The predicted molar refractivity (Wildman–Crippen MR) is 105 cm³/mol. The van der Waals surface area contributed by atoms with Crippen LogP contribution in [0.1, 0.15) is 39.5 Å². The van der Waals surface area contributed by atoms with Gasteiger partial charge in [-0.25, -0.2) is 14.2 Å². The number of esters is 1. The summed E-state index contributed by atoms with van der Waals surface area (Å²) in [7, 11) is 1.31. The van der Waals surface area contributed by atoms with Crippen LogP contribution in [0, 0.1) is 12.7 Å². The van der Waals surface area contributed by atoms with E-state index < -0.39 is 5.97 Å². The number of H-pyrrole nitrogens is 1. The lowest BCUT2D eigenvalue weighted by atomic mass is 10.2. The van der Waals surface area contributed by atoms with Gasteiger partial charge in [0.2, 0.25) is 0 Å². The summed E-state index contributed by atoms with van der Waals surface area (Å²) in [6.45, 7) is 2.58. The Bertz CT molecular complexity index is 1100. The van der Waals surface area contributed by atoms with Crippen molar-refractivity contribution in [2.45, 2.75) is 38.9 Å². The Morgan fingerprint density at radius 2 is 2.11 bits per heavy atom. The van der Waals surface area contributed by atoms with E-state index in [0.29, 0.717) is 51.2 Å². The van der Waals surface area contributed by atoms with Crippen molar-refractivity contribution in [2.24, 2.45) is 0 Å². The number of fused-ring (bicyclic) bond motifs is 1. The maximum atomic E-state index is 14.1. The highest BCUT2D eigenvalue weighted by atomic mass is 32.1. The first-order valence-electron chi connectivity index (χ1n) is 9.06. The van der Waals surface area contributed by atoms with Gasteiger partial charge in [0, 0.05) is 18.2 Å². The van der Waals surface area contributed by atoms with E-state index in [2.05, 4.69) is 14.9 Å². The maximum Gasteiger partial charge on any atom is 0.348 e. The van der Waals surface area contributed by atoms with Gasteiger partial charge in [0.15, 0.2) is 0 Å². The van der Waals surface area contributed by atoms with Crippen molar-refractivity contribution in [3.8, 4) is 0 Å². The summed E-state index contributed by atoms with van der Waals surface area (Å²) < 4.78 is 18.8. The molecule has 1 aliphatic rings. The summed E-state index contributed by atoms with van der Waals surface area (Å²) in [4.78, 5) is 34.9. The van der Waals surface area contributed by atoms with Gasteiger partial charge in [0.1, 0.15) is 21.3 Å². The quantitative estimate of drug-likeness (QED) is 0.641. The van der Waals surface area contributed by atoms with Crippen LogP contribution in [0.25, 0.3) is 10.2 Å². The van der Waals surface area contributed by atoms with Crippen LogP contribution in [0.3, 0.4) is 0 Å². The number of ether oxygens (including phenoxy) is 1. The van der Waals surface area contributed by atoms with Crippen LogP contribution in [0.5, 0.6) is 0 Å². The fourth-order valence-electron chi connectivity index (χ4n) is 3.34. The van der Waals surface area contributed by atoms with E-state index in [-0.39, 0.29) is 11.4 Å². The molecule has 146 valence electrons. The van der Waals surface area contributed by atoms with Gasteiger partial charge in [-0.2, -0.15) is 0 Å². The van der Waals surface area contributed by atoms with Gasteiger partial charge >= 0.3 is 5.97 Å². The summed E-state index contributed by atoms with van der Waals surface area (Å²) in [5.74, 6) is -0.194. The number of nitrogens with zero attached hydrogens (tertiary/aromatic N) is 2. The van der Waals surface area contributed by atoms with Gasteiger partial charge in [-0.1, -0.05) is 18.2 Å². The highest BCUT2D eigenvalue weighted by molar-refractivity contribution is 7.20. The average molecular weight is 401 g/mol. The monoisotopic (exact) mass is 401 g/mol. The van der Waals surface area contributed by atoms with Gasteiger partial charge in [-0.3, -0.25) is 9.69 Å². The van der Waals surface area contributed by atoms with Crippen LogP contribution in [0.4, 0.5) is 4.39 Å². The standard InChI is InChI=1S/C20H20FN3O3S/c1-11-16-18(25)22-15(23-19(16)28-17(11)20(26)27-2)10-24(13-7-8-13)9-12-5-3-4-6-14(12)21/h3-6,13H,7-10H2,1-2H3,(H,22,23,25). The second-order valence-electron chi connectivity index (χ2n) is 6.97. The molecule has 1 N–H and O–H groups in total. The van der Waals surface area contributed by atoms with Crippen LogP contribution in [0.2, 0.25) is 0 Å². The zero-order valence-electron chi connectivity index (χ0n) is 15.6. The van der Waals surface area contributed by atoms with Gasteiger partial charge in [-0.15, -0.1) is 11.3 Å². The Hall–Kier alpha value is -2.58. The van der Waals surface area contributed by atoms with Crippen molar-refractivity contribution in [1.29, 1.82) is 0 Å². The Kier molecular flexibility index (Phi) is 4.99. The summed E-state index contributed by atoms with van der Waals surface area (Å²) in [5, 5.41) is 0.418. The number of benzene rings is 1. The summed E-state index contributed by atoms with van der Waals surface area (Å²) in [6, 6.07) is 7.07. The molecule has 0 amide bonds. The predicted octanol–water partition coefficient (Wildman–Crippen LogP) is 3.38. The Morgan fingerprint density at radius 3 is 2.79 bits per heavy atom. The highest BCUT2D eigenvalue weighted by Crippen LogP contribution is 2.31. The zero-order chi connectivity index (χ0) is 19.8. The number of nitrogens with one attached hydrogen (secondary N) is 1. The molecule has 0 unspecified atom stereocenters. The zero-order valence-corrected chi connectivity index (χ0v) is 16.4. The SMILES string of the molecule is COC(=O)c1sc2nc(CN(Cc3ccccc3F)C3CC3)[nH]c(=O)c2c1C. The van der Waals surface area contributed by atoms with Crippen molar-refractivity contribution < 1.29 is 13.9 Å². The van der Waals surface area contributed by atoms with E-state index in [4.69, 9.17) is 4.74 Å². The van der Waals surface area contributed by atoms with E-state index in [1.165, 1.54) is 13.2 Å². The number of thiophene rings is 1. The summed E-state index contributed by atoms with van der Waals surface area (Å²) in [6.07, 6.45) is 2.09. The van der Waals surface area contributed by atoms with Gasteiger partial charge in [-0.05, 0) is 31.4 Å². The molecular formula is C20H20FN3O3S. The topological polar surface area (TPSA) is 75.3 Å². The summed E-state index contributed by atoms with van der Waals surface area (Å²) >= 11 is 1.16. The van der Waals surface area contributed by atoms with Crippen LogP contribution in [-0.4, -0.2) is 34.0 Å². The second kappa shape index (κ2) is 7.44. The third-order valence-corrected chi connectivity index (χ3v) is 6.13. The first kappa shape index (κ1) is 18.8. The Morgan fingerprint density at radius 1 is 1.36 bits per heavy atom. The number of halogens is 1. The lowest BCUT2D eigenvalue weighted by Gasteiger charge is -2.21. The molecule has 0 saturated heterocycles. The molecular weight excluding hydrogens is 381 g/mol. The molecule has 4 rings (SSSR count). The third-order valence-electron chi connectivity index (χ3n) is 4.97. The number of rotatable bonds is 6. The third kappa shape index (κ3) is 3.57. The van der Waals surface area contributed by atoms with Crippen molar-refractivity contribution in [3.05, 3.63) is 62.3 Å². The molecule has 0 bridgehead atoms. The molecule has 1 aliphatic carbocycles. The largest absolute Gasteiger partial charge is 0.465 e. The van der Waals surface area contributed by atoms with Crippen LogP contribution in [-0.2, 0) is 17.8 Å². The number of hydrogen-bond donors (Lipinski definition) is 1. The lowest BCUT2D eigenvalue weighted by molar-refractivity contribution is 0.0605. The molecule has 1 fully saturated rings. The molecule has 0 spiro atoms. The van der Waals surface area contributed by atoms with Crippen LogP contribution < -0.4 is 5.56 Å². The fourth-order valence-corrected chi connectivity index (χ4v) is 4.46. The number of carbonyl (C=O) groups is 1. The minimum Gasteiger partial charge on any atom is -0.465 e. The van der Waals surface area contributed by atoms with E-state index in [1.54, 1.807) is 19.1 Å². The molecule has 0 atom stereocenters. The van der Waals surface area contributed by atoms with E-state index >= 15 is 0 Å².